The molecule has 2 aromatic heterocycles. The lowest BCUT2D eigenvalue weighted by Crippen LogP contribution is -2.30. The van der Waals surface area contributed by atoms with Gasteiger partial charge in [-0.2, -0.15) is 0 Å². The second kappa shape index (κ2) is 6.47. The molecule has 5 nitrogen and oxygen atoms in total. The van der Waals surface area contributed by atoms with E-state index >= 15 is 0 Å². The van der Waals surface area contributed by atoms with Crippen LogP contribution in [0.3, 0.4) is 0 Å². The van der Waals surface area contributed by atoms with Crippen molar-refractivity contribution in [3.63, 3.8) is 0 Å². The van der Waals surface area contributed by atoms with Crippen LogP contribution in [0.15, 0.2) is 49.2 Å². The fourth-order valence-corrected chi connectivity index (χ4v) is 2.68. The van der Waals surface area contributed by atoms with Crippen LogP contribution in [0.5, 0.6) is 0 Å². The second-order valence-corrected chi connectivity index (χ2v) is 5.29. The Morgan fingerprint density at radius 1 is 1.36 bits per heavy atom. The molecular formula is C17H20N4O. The standard InChI is InChI=1S/C17H20N4O/c1-2-21(15-5-6-16-14(12-15)7-8-19-16)17(22)4-3-10-20-11-9-18-13-20/h5-9,11-13,19H,2-4,10H2,1H3. The Morgan fingerprint density at radius 3 is 3.05 bits per heavy atom. The Bertz CT molecular complexity index is 745. The summed E-state index contributed by atoms with van der Waals surface area (Å²) >= 11 is 0. The van der Waals surface area contributed by atoms with Gasteiger partial charge in [-0.3, -0.25) is 4.79 Å². The number of benzene rings is 1. The molecule has 0 spiro atoms. The molecule has 5 heteroatoms. The van der Waals surface area contributed by atoms with Crippen LogP contribution in [0.2, 0.25) is 0 Å². The average Bonchev–Trinajstić information content (AvgIpc) is 3.18. The van der Waals surface area contributed by atoms with Crippen molar-refractivity contribution < 1.29 is 4.79 Å². The Balaban J connectivity index is 1.65. The van der Waals surface area contributed by atoms with Crippen LogP contribution < -0.4 is 4.90 Å². The van der Waals surface area contributed by atoms with Gasteiger partial charge >= 0.3 is 0 Å². The summed E-state index contributed by atoms with van der Waals surface area (Å²) in [5, 5.41) is 1.13. The zero-order valence-corrected chi connectivity index (χ0v) is 12.7. The van der Waals surface area contributed by atoms with E-state index in [1.807, 2.05) is 47.0 Å². The van der Waals surface area contributed by atoms with Gasteiger partial charge in [-0.25, -0.2) is 4.98 Å². The molecule has 0 bridgehead atoms. The zero-order valence-electron chi connectivity index (χ0n) is 12.7. The molecule has 22 heavy (non-hydrogen) atoms. The molecule has 0 radical (unpaired) electrons. The van der Waals surface area contributed by atoms with Crippen molar-refractivity contribution in [3.05, 3.63) is 49.2 Å². The van der Waals surface area contributed by atoms with Gasteiger partial charge in [-0.05, 0) is 37.6 Å². The number of nitrogens with zero attached hydrogens (tertiary/aromatic N) is 3. The smallest absolute Gasteiger partial charge is 0.227 e. The number of carbonyl (C=O) groups excluding carboxylic acids is 1. The quantitative estimate of drug-likeness (QED) is 0.759. The average molecular weight is 296 g/mol. The van der Waals surface area contributed by atoms with Crippen molar-refractivity contribution in [1.82, 2.24) is 14.5 Å². The molecule has 1 N–H and O–H groups in total. The summed E-state index contributed by atoms with van der Waals surface area (Å²) in [5.41, 5.74) is 2.05. The van der Waals surface area contributed by atoms with Gasteiger partial charge in [-0.15, -0.1) is 0 Å². The summed E-state index contributed by atoms with van der Waals surface area (Å²) in [6.07, 6.45) is 8.73. The van der Waals surface area contributed by atoms with Gasteiger partial charge in [0, 0.05) is 54.7 Å². The van der Waals surface area contributed by atoms with Crippen LogP contribution in [0.25, 0.3) is 10.9 Å². The Hall–Kier alpha value is -2.56. The number of nitrogens with one attached hydrogen (secondary N) is 1. The van der Waals surface area contributed by atoms with Crippen molar-refractivity contribution in [2.45, 2.75) is 26.3 Å². The molecule has 0 aliphatic carbocycles. The molecule has 0 aliphatic rings. The number of aryl methyl sites for hydroxylation is 1. The van der Waals surface area contributed by atoms with E-state index < -0.39 is 0 Å². The highest BCUT2D eigenvalue weighted by Gasteiger charge is 2.14. The van der Waals surface area contributed by atoms with E-state index in [9.17, 15) is 4.79 Å². The third kappa shape index (κ3) is 3.03. The van der Waals surface area contributed by atoms with Crippen LogP contribution in [-0.4, -0.2) is 27.0 Å². The molecule has 2 heterocycles. The molecule has 1 amide bonds. The number of hydrogen-bond acceptors (Lipinski definition) is 2. The van der Waals surface area contributed by atoms with Gasteiger partial charge in [-0.1, -0.05) is 0 Å². The molecule has 114 valence electrons. The summed E-state index contributed by atoms with van der Waals surface area (Å²) in [4.78, 5) is 21.5. The number of amides is 1. The zero-order chi connectivity index (χ0) is 15.4. The van der Waals surface area contributed by atoms with Gasteiger partial charge in [0.05, 0.1) is 6.33 Å². The fourth-order valence-electron chi connectivity index (χ4n) is 2.68. The van der Waals surface area contributed by atoms with Crippen LogP contribution >= 0.6 is 0 Å². The molecule has 0 saturated heterocycles. The first-order valence-corrected chi connectivity index (χ1v) is 7.61. The molecule has 0 aliphatic heterocycles. The highest BCUT2D eigenvalue weighted by Crippen LogP contribution is 2.22. The van der Waals surface area contributed by atoms with E-state index in [1.165, 1.54) is 0 Å². The molecular weight excluding hydrogens is 276 g/mol. The fraction of sp³-hybridized carbons (Fsp3) is 0.294. The largest absolute Gasteiger partial charge is 0.361 e. The van der Waals surface area contributed by atoms with Crippen LogP contribution in [0, 0.1) is 0 Å². The molecule has 0 atom stereocenters. The SMILES string of the molecule is CCN(C(=O)CCCn1ccnc1)c1ccc2[nH]ccc2c1. The van der Waals surface area contributed by atoms with Crippen LogP contribution in [0.4, 0.5) is 5.69 Å². The summed E-state index contributed by atoms with van der Waals surface area (Å²) in [5.74, 6) is 0.164. The van der Waals surface area contributed by atoms with E-state index in [1.54, 1.807) is 12.5 Å². The number of rotatable bonds is 6. The van der Waals surface area contributed by atoms with E-state index in [4.69, 9.17) is 0 Å². The number of hydrogen-bond donors (Lipinski definition) is 1. The maximum atomic E-state index is 12.5. The topological polar surface area (TPSA) is 53.9 Å². The Morgan fingerprint density at radius 2 is 2.27 bits per heavy atom. The molecule has 3 rings (SSSR count). The minimum absolute atomic E-state index is 0.164. The summed E-state index contributed by atoms with van der Waals surface area (Å²) in [7, 11) is 0. The monoisotopic (exact) mass is 296 g/mol. The van der Waals surface area contributed by atoms with Gasteiger partial charge in [0.25, 0.3) is 0 Å². The van der Waals surface area contributed by atoms with E-state index in [2.05, 4.69) is 16.0 Å². The number of aromatic amines is 1. The highest BCUT2D eigenvalue weighted by atomic mass is 16.2. The predicted octanol–water partition coefficient (Wildman–Crippen LogP) is 3.20. The number of carbonyl (C=O) groups is 1. The lowest BCUT2D eigenvalue weighted by Gasteiger charge is -2.21. The minimum atomic E-state index is 0.164. The lowest BCUT2D eigenvalue weighted by molar-refractivity contribution is -0.118. The Labute approximate surface area is 129 Å². The van der Waals surface area contributed by atoms with Crippen molar-refractivity contribution in [2.24, 2.45) is 0 Å². The first-order chi connectivity index (χ1) is 10.8. The number of imidazole rings is 1. The number of H-pyrrole nitrogens is 1. The van der Waals surface area contributed by atoms with E-state index in [0.29, 0.717) is 13.0 Å². The van der Waals surface area contributed by atoms with Gasteiger partial charge < -0.3 is 14.5 Å². The molecule has 0 saturated carbocycles. The van der Waals surface area contributed by atoms with Crippen LogP contribution in [0.1, 0.15) is 19.8 Å². The van der Waals surface area contributed by atoms with Crippen molar-refractivity contribution in [2.75, 3.05) is 11.4 Å². The first kappa shape index (κ1) is 14.4. The summed E-state index contributed by atoms with van der Waals surface area (Å²) < 4.78 is 2.00. The van der Waals surface area contributed by atoms with Gasteiger partial charge in [0.1, 0.15) is 0 Å². The van der Waals surface area contributed by atoms with Gasteiger partial charge in [0.2, 0.25) is 5.91 Å². The predicted molar refractivity (Wildman–Crippen MR) is 87.8 cm³/mol. The Kier molecular flexibility index (Phi) is 4.23. The first-order valence-electron chi connectivity index (χ1n) is 7.61. The highest BCUT2D eigenvalue weighted by molar-refractivity contribution is 5.95. The third-order valence-corrected chi connectivity index (χ3v) is 3.83. The van der Waals surface area contributed by atoms with Gasteiger partial charge in [0.15, 0.2) is 0 Å². The maximum Gasteiger partial charge on any atom is 0.227 e. The minimum Gasteiger partial charge on any atom is -0.361 e. The second-order valence-electron chi connectivity index (χ2n) is 5.29. The third-order valence-electron chi connectivity index (χ3n) is 3.83. The summed E-state index contributed by atoms with van der Waals surface area (Å²) in [6, 6.07) is 8.10. The number of anilines is 1. The molecule has 0 fully saturated rings. The maximum absolute atomic E-state index is 12.5. The molecule has 0 unspecified atom stereocenters. The van der Waals surface area contributed by atoms with Crippen molar-refractivity contribution in [1.29, 1.82) is 0 Å². The normalized spacial score (nSPS) is 11.0. The lowest BCUT2D eigenvalue weighted by atomic mass is 10.2. The number of aromatic nitrogens is 3. The van der Waals surface area contributed by atoms with Crippen LogP contribution in [-0.2, 0) is 11.3 Å². The molecule has 3 aromatic rings. The summed E-state index contributed by atoms with van der Waals surface area (Å²) in [6.45, 7) is 3.51. The molecule has 1 aromatic carbocycles. The van der Waals surface area contributed by atoms with E-state index in [0.717, 1.165) is 29.6 Å². The van der Waals surface area contributed by atoms with E-state index in [-0.39, 0.29) is 5.91 Å². The van der Waals surface area contributed by atoms with Crippen molar-refractivity contribution in [3.8, 4) is 0 Å². The number of fused-ring (bicyclic) bond motifs is 1. The van der Waals surface area contributed by atoms with Crippen molar-refractivity contribution >= 4 is 22.5 Å².